The molecule has 0 aliphatic carbocycles. The van der Waals surface area contributed by atoms with Gasteiger partial charge >= 0.3 is 0 Å². The zero-order valence-corrected chi connectivity index (χ0v) is 10.9. The predicted molar refractivity (Wildman–Crippen MR) is 67.8 cm³/mol. The van der Waals surface area contributed by atoms with Crippen molar-refractivity contribution in [3.8, 4) is 5.69 Å². The second-order valence-electron chi connectivity index (χ2n) is 4.77. The first-order chi connectivity index (χ1) is 9.06. The Morgan fingerprint density at radius 3 is 2.84 bits per heavy atom. The number of halogens is 2. The van der Waals surface area contributed by atoms with Gasteiger partial charge in [-0.05, 0) is 24.6 Å². The summed E-state index contributed by atoms with van der Waals surface area (Å²) in [5.74, 6) is -0.505. The highest BCUT2D eigenvalue weighted by atomic mass is 19.1. The molecule has 102 valence electrons. The number of hydrogen-bond donors (Lipinski definition) is 1. The molecule has 2 aromatic rings. The fraction of sp³-hybridized carbons (Fsp3) is 0.385. The molecule has 0 bridgehead atoms. The first-order valence-corrected chi connectivity index (χ1v) is 6.13. The fourth-order valence-corrected chi connectivity index (χ4v) is 1.65. The van der Waals surface area contributed by atoms with E-state index in [-0.39, 0.29) is 5.69 Å². The fourth-order valence-electron chi connectivity index (χ4n) is 1.65. The third-order valence-corrected chi connectivity index (χ3v) is 2.55. The third-order valence-electron chi connectivity index (χ3n) is 2.55. The van der Waals surface area contributed by atoms with Crippen molar-refractivity contribution in [1.82, 2.24) is 20.3 Å². The van der Waals surface area contributed by atoms with E-state index in [4.69, 9.17) is 0 Å². The maximum Gasteiger partial charge on any atom is 0.149 e. The van der Waals surface area contributed by atoms with Gasteiger partial charge in [-0.25, -0.2) is 13.5 Å². The molecule has 0 unspecified atom stereocenters. The van der Waals surface area contributed by atoms with E-state index < -0.39 is 11.6 Å². The second kappa shape index (κ2) is 5.88. The Bertz CT molecular complexity index is 551. The normalized spacial score (nSPS) is 11.2. The third kappa shape index (κ3) is 3.57. The molecular formula is C13H16F2N4. The van der Waals surface area contributed by atoms with Gasteiger partial charge in [-0.15, -0.1) is 5.10 Å². The molecule has 1 aromatic heterocycles. The van der Waals surface area contributed by atoms with Gasteiger partial charge in [0.05, 0.1) is 11.9 Å². The van der Waals surface area contributed by atoms with Gasteiger partial charge in [-0.2, -0.15) is 0 Å². The van der Waals surface area contributed by atoms with Gasteiger partial charge in [0.15, 0.2) is 0 Å². The first kappa shape index (κ1) is 13.6. The largest absolute Gasteiger partial charge is 0.311 e. The van der Waals surface area contributed by atoms with E-state index >= 15 is 0 Å². The average molecular weight is 266 g/mol. The van der Waals surface area contributed by atoms with E-state index in [9.17, 15) is 8.78 Å². The van der Waals surface area contributed by atoms with Crippen molar-refractivity contribution in [2.75, 3.05) is 6.54 Å². The number of aromatic nitrogens is 3. The van der Waals surface area contributed by atoms with E-state index in [1.54, 1.807) is 6.20 Å². The monoisotopic (exact) mass is 266 g/mol. The van der Waals surface area contributed by atoms with Gasteiger partial charge in [-0.3, -0.25) is 0 Å². The summed E-state index contributed by atoms with van der Waals surface area (Å²) in [5.41, 5.74) is 0.743. The first-order valence-electron chi connectivity index (χ1n) is 6.13. The van der Waals surface area contributed by atoms with Gasteiger partial charge in [0.25, 0.3) is 0 Å². The van der Waals surface area contributed by atoms with Crippen LogP contribution >= 0.6 is 0 Å². The smallest absolute Gasteiger partial charge is 0.149 e. The van der Waals surface area contributed by atoms with Gasteiger partial charge in [-0.1, -0.05) is 19.1 Å². The highest BCUT2D eigenvalue weighted by Gasteiger charge is 2.09. The molecule has 6 heteroatoms. The van der Waals surface area contributed by atoms with Crippen LogP contribution in [-0.4, -0.2) is 21.5 Å². The number of hydrogen-bond acceptors (Lipinski definition) is 3. The molecule has 0 aliphatic heterocycles. The molecule has 0 aliphatic rings. The van der Waals surface area contributed by atoms with Crippen molar-refractivity contribution >= 4 is 0 Å². The number of nitrogens with one attached hydrogen (secondary N) is 1. The van der Waals surface area contributed by atoms with E-state index in [1.165, 1.54) is 4.68 Å². The topological polar surface area (TPSA) is 42.7 Å². The molecule has 0 amide bonds. The Kier molecular flexibility index (Phi) is 4.21. The van der Waals surface area contributed by atoms with Crippen LogP contribution in [0.15, 0.2) is 24.4 Å². The van der Waals surface area contributed by atoms with Crippen LogP contribution in [0.3, 0.4) is 0 Å². The average Bonchev–Trinajstić information content (AvgIpc) is 2.80. The van der Waals surface area contributed by atoms with Crippen molar-refractivity contribution in [1.29, 1.82) is 0 Å². The van der Waals surface area contributed by atoms with Crippen LogP contribution < -0.4 is 5.32 Å². The molecule has 4 nitrogen and oxygen atoms in total. The van der Waals surface area contributed by atoms with Crippen LogP contribution in [0.25, 0.3) is 5.69 Å². The van der Waals surface area contributed by atoms with Crippen LogP contribution in [0.5, 0.6) is 0 Å². The van der Waals surface area contributed by atoms with Crippen LogP contribution in [0, 0.1) is 17.6 Å². The number of nitrogens with zero attached hydrogens (tertiary/aromatic N) is 3. The lowest BCUT2D eigenvalue weighted by Gasteiger charge is -2.04. The lowest BCUT2D eigenvalue weighted by Crippen LogP contribution is -2.19. The molecule has 0 atom stereocenters. The summed E-state index contributed by atoms with van der Waals surface area (Å²) in [7, 11) is 0. The van der Waals surface area contributed by atoms with E-state index in [2.05, 4.69) is 29.5 Å². The Morgan fingerprint density at radius 2 is 2.11 bits per heavy atom. The highest BCUT2D eigenvalue weighted by Crippen LogP contribution is 2.14. The Hall–Kier alpha value is -1.82. The van der Waals surface area contributed by atoms with E-state index in [1.807, 2.05) is 0 Å². The van der Waals surface area contributed by atoms with Crippen molar-refractivity contribution in [2.24, 2.45) is 5.92 Å². The van der Waals surface area contributed by atoms with Crippen molar-refractivity contribution in [3.63, 3.8) is 0 Å². The van der Waals surface area contributed by atoms with Gasteiger partial charge in [0.2, 0.25) is 0 Å². The molecule has 0 radical (unpaired) electrons. The standard InChI is InChI=1S/C13H16F2N4/c1-9(2)6-16-7-11-8-19(18-17-11)13-5-10(14)3-4-12(13)15/h3-5,8-9,16H,6-7H2,1-2H3. The van der Waals surface area contributed by atoms with Crippen LogP contribution in [0.4, 0.5) is 8.78 Å². The van der Waals surface area contributed by atoms with Crippen LogP contribution in [0.2, 0.25) is 0 Å². The Morgan fingerprint density at radius 1 is 1.32 bits per heavy atom. The van der Waals surface area contributed by atoms with Gasteiger partial charge < -0.3 is 5.32 Å². The summed E-state index contributed by atoms with van der Waals surface area (Å²) in [4.78, 5) is 0. The van der Waals surface area contributed by atoms with Gasteiger partial charge in [0.1, 0.15) is 17.3 Å². The molecule has 1 heterocycles. The summed E-state index contributed by atoms with van der Waals surface area (Å²) in [5, 5.41) is 10.9. The van der Waals surface area contributed by atoms with E-state index in [0.29, 0.717) is 18.2 Å². The molecule has 2 rings (SSSR count). The molecular weight excluding hydrogens is 250 g/mol. The number of rotatable bonds is 5. The summed E-state index contributed by atoms with van der Waals surface area (Å²) in [6.45, 7) is 5.62. The molecule has 1 aromatic carbocycles. The Balaban J connectivity index is 2.10. The number of benzene rings is 1. The molecule has 0 saturated carbocycles. The summed E-state index contributed by atoms with van der Waals surface area (Å²) >= 11 is 0. The minimum atomic E-state index is -0.534. The van der Waals surface area contributed by atoms with Crippen molar-refractivity contribution in [2.45, 2.75) is 20.4 Å². The quantitative estimate of drug-likeness (QED) is 0.903. The predicted octanol–water partition coefficient (Wildman–Crippen LogP) is 2.29. The lowest BCUT2D eigenvalue weighted by atomic mass is 10.2. The minimum absolute atomic E-state index is 0.0580. The molecule has 0 saturated heterocycles. The summed E-state index contributed by atoms with van der Waals surface area (Å²) < 4.78 is 27.9. The zero-order valence-electron chi connectivity index (χ0n) is 10.9. The van der Waals surface area contributed by atoms with Crippen LogP contribution in [0.1, 0.15) is 19.5 Å². The van der Waals surface area contributed by atoms with Gasteiger partial charge in [0, 0.05) is 12.6 Å². The zero-order chi connectivity index (χ0) is 13.8. The highest BCUT2D eigenvalue weighted by molar-refractivity contribution is 5.32. The second-order valence-corrected chi connectivity index (χ2v) is 4.77. The lowest BCUT2D eigenvalue weighted by molar-refractivity contribution is 0.548. The SMILES string of the molecule is CC(C)CNCc1cn(-c2cc(F)ccc2F)nn1. The summed E-state index contributed by atoms with van der Waals surface area (Å²) in [6, 6.07) is 3.24. The van der Waals surface area contributed by atoms with Crippen molar-refractivity contribution < 1.29 is 8.78 Å². The minimum Gasteiger partial charge on any atom is -0.311 e. The summed E-state index contributed by atoms with van der Waals surface area (Å²) in [6.07, 6.45) is 1.59. The molecule has 1 N–H and O–H groups in total. The molecule has 19 heavy (non-hydrogen) atoms. The van der Waals surface area contributed by atoms with E-state index in [0.717, 1.165) is 24.7 Å². The Labute approximate surface area is 110 Å². The maximum absolute atomic E-state index is 13.6. The van der Waals surface area contributed by atoms with Crippen molar-refractivity contribution in [3.05, 3.63) is 41.7 Å². The molecule has 0 fully saturated rings. The maximum atomic E-state index is 13.6. The van der Waals surface area contributed by atoms with Crippen LogP contribution in [-0.2, 0) is 6.54 Å². The molecule has 0 spiro atoms.